The molecule has 1 aliphatic rings. The fourth-order valence-corrected chi connectivity index (χ4v) is 1.38. The third-order valence-corrected chi connectivity index (χ3v) is 2.50. The zero-order chi connectivity index (χ0) is 15.3. The summed E-state index contributed by atoms with van der Waals surface area (Å²) in [5.41, 5.74) is -0.895. The minimum Gasteiger partial charge on any atom is -0.403 e. The Balaban J connectivity index is 0.00000154. The first-order valence-electron chi connectivity index (χ1n) is 6.25. The van der Waals surface area contributed by atoms with Crippen molar-refractivity contribution in [1.29, 1.82) is 5.41 Å². The highest BCUT2D eigenvalue weighted by molar-refractivity contribution is 7.96. The number of rotatable bonds is 1. The molecule has 1 unspecified atom stereocenters. The molecule has 0 fully saturated rings. The van der Waals surface area contributed by atoms with E-state index in [1.54, 1.807) is 13.1 Å². The lowest BCUT2D eigenvalue weighted by atomic mass is 9.88. The average Bonchev–Trinajstić information content (AvgIpc) is 2.30. The molecule has 0 radical (unpaired) electrons. The summed E-state index contributed by atoms with van der Waals surface area (Å²) >= 11 is 3.48. The Hall–Kier alpha value is -1.17. The van der Waals surface area contributed by atoms with Crippen molar-refractivity contribution in [2.24, 2.45) is 20.8 Å². The van der Waals surface area contributed by atoms with Gasteiger partial charge in [-0.1, -0.05) is 47.2 Å². The molecule has 5 nitrogen and oxygen atoms in total. The maximum absolute atomic E-state index is 10.7. The molecular weight excluding hydrogens is 262 g/mol. The van der Waals surface area contributed by atoms with Gasteiger partial charge in [0, 0.05) is 11.6 Å². The number of nitrogens with one attached hydrogen (secondary N) is 1. The summed E-state index contributed by atoms with van der Waals surface area (Å²) < 4.78 is 4.66. The molecule has 0 spiro atoms. The van der Waals surface area contributed by atoms with Gasteiger partial charge in [0.25, 0.3) is 0 Å². The zero-order valence-electron chi connectivity index (χ0n) is 12.4. The third kappa shape index (κ3) is 5.14. The van der Waals surface area contributed by atoms with Crippen molar-refractivity contribution in [3.8, 4) is 0 Å². The normalized spacial score (nSPS) is 21.9. The first-order valence-corrected chi connectivity index (χ1v) is 6.70. The van der Waals surface area contributed by atoms with E-state index in [1.807, 2.05) is 34.6 Å². The van der Waals surface area contributed by atoms with Crippen LogP contribution in [-0.4, -0.2) is 29.8 Å². The van der Waals surface area contributed by atoms with Crippen molar-refractivity contribution < 1.29 is 9.53 Å². The smallest absolute Gasteiger partial charge is 0.370 e. The molecule has 1 heterocycles. The minimum absolute atomic E-state index is 0.125. The van der Waals surface area contributed by atoms with Crippen LogP contribution in [0, 0.1) is 16.2 Å². The highest BCUT2D eigenvalue weighted by Crippen LogP contribution is 2.25. The number of carbonyl (C=O) groups is 1. The van der Waals surface area contributed by atoms with Gasteiger partial charge >= 0.3 is 5.30 Å². The highest BCUT2D eigenvalue weighted by Gasteiger charge is 2.34. The predicted molar refractivity (Wildman–Crippen MR) is 82.9 cm³/mol. The SMILES string of the molecule is CC.CC(C)(C)C1=NCC(C)(C(=N)OC(=O)S)C=N1. The van der Waals surface area contributed by atoms with Crippen molar-refractivity contribution >= 4 is 35.9 Å². The van der Waals surface area contributed by atoms with Crippen LogP contribution in [0.1, 0.15) is 41.5 Å². The number of hydrogen-bond donors (Lipinski definition) is 2. The van der Waals surface area contributed by atoms with Crippen LogP contribution in [0.2, 0.25) is 0 Å². The molecule has 0 bridgehead atoms. The first kappa shape index (κ1) is 17.8. The topological polar surface area (TPSA) is 74.9 Å². The predicted octanol–water partition coefficient (Wildman–Crippen LogP) is 3.59. The molecule has 1 rings (SSSR count). The molecule has 0 aromatic rings. The lowest BCUT2D eigenvalue weighted by molar-refractivity contribution is 0.219. The molecule has 1 aliphatic heterocycles. The molecule has 0 aromatic carbocycles. The van der Waals surface area contributed by atoms with Gasteiger partial charge in [-0.25, -0.2) is 9.79 Å². The standard InChI is InChI=1S/C11H17N3O2S.C2H6/c1-10(2,3)8-13-5-11(4,6-14-8)7(12)16-9(15)17;1-2/h5,12H,6H2,1-4H3,(H,15,17);1-2H3. The Kier molecular flexibility index (Phi) is 6.42. The van der Waals surface area contributed by atoms with E-state index in [1.165, 1.54) is 0 Å². The number of nitrogens with zero attached hydrogens (tertiary/aromatic N) is 2. The molecule has 1 atom stereocenters. The Morgan fingerprint density at radius 3 is 2.32 bits per heavy atom. The average molecular weight is 285 g/mol. The van der Waals surface area contributed by atoms with Gasteiger partial charge in [-0.2, -0.15) is 0 Å². The molecule has 0 aliphatic carbocycles. The molecule has 6 heteroatoms. The number of aliphatic imine (C=N–C) groups is 2. The van der Waals surface area contributed by atoms with E-state index in [0.29, 0.717) is 6.54 Å². The van der Waals surface area contributed by atoms with Crippen LogP contribution in [0.15, 0.2) is 9.98 Å². The van der Waals surface area contributed by atoms with Crippen LogP contribution in [0.5, 0.6) is 0 Å². The molecule has 0 aromatic heterocycles. The van der Waals surface area contributed by atoms with Crippen molar-refractivity contribution in [3.05, 3.63) is 0 Å². The fourth-order valence-electron chi connectivity index (χ4n) is 1.29. The molecule has 0 saturated heterocycles. The van der Waals surface area contributed by atoms with Gasteiger partial charge in [0.1, 0.15) is 5.84 Å². The second-order valence-electron chi connectivity index (χ2n) is 5.26. The summed E-state index contributed by atoms with van der Waals surface area (Å²) in [6, 6.07) is 0. The van der Waals surface area contributed by atoms with Crippen LogP contribution in [0.3, 0.4) is 0 Å². The molecule has 1 N–H and O–H groups in total. The van der Waals surface area contributed by atoms with Crippen LogP contribution in [-0.2, 0) is 4.74 Å². The summed E-state index contributed by atoms with van der Waals surface area (Å²) in [6.07, 6.45) is 1.61. The summed E-state index contributed by atoms with van der Waals surface area (Å²) in [5, 5.41) is 6.88. The quantitative estimate of drug-likeness (QED) is 0.334. The van der Waals surface area contributed by atoms with Gasteiger partial charge in [0.15, 0.2) is 0 Å². The second kappa shape index (κ2) is 6.84. The van der Waals surface area contributed by atoms with E-state index in [-0.39, 0.29) is 11.3 Å². The van der Waals surface area contributed by atoms with Gasteiger partial charge in [0.2, 0.25) is 5.90 Å². The van der Waals surface area contributed by atoms with Crippen LogP contribution in [0.4, 0.5) is 4.79 Å². The molecule has 0 saturated carbocycles. The number of thiol groups is 1. The van der Waals surface area contributed by atoms with E-state index in [9.17, 15) is 4.79 Å². The third-order valence-electron chi connectivity index (χ3n) is 2.41. The number of hydrogen-bond acceptors (Lipinski definition) is 5. The van der Waals surface area contributed by atoms with Crippen molar-refractivity contribution in [1.82, 2.24) is 0 Å². The van der Waals surface area contributed by atoms with Crippen LogP contribution >= 0.6 is 12.6 Å². The lowest BCUT2D eigenvalue weighted by Gasteiger charge is -2.28. The monoisotopic (exact) mass is 285 g/mol. The molecule has 19 heavy (non-hydrogen) atoms. The molecule has 108 valence electrons. The Morgan fingerprint density at radius 2 is 2.00 bits per heavy atom. The van der Waals surface area contributed by atoms with Gasteiger partial charge in [-0.3, -0.25) is 10.4 Å². The summed E-state index contributed by atoms with van der Waals surface area (Å²) in [7, 11) is 0. The van der Waals surface area contributed by atoms with Gasteiger partial charge in [-0.05, 0) is 6.92 Å². The van der Waals surface area contributed by atoms with Crippen molar-refractivity contribution in [3.63, 3.8) is 0 Å². The van der Waals surface area contributed by atoms with Crippen LogP contribution < -0.4 is 0 Å². The van der Waals surface area contributed by atoms with Gasteiger partial charge in [-0.15, -0.1) is 0 Å². The van der Waals surface area contributed by atoms with E-state index < -0.39 is 10.7 Å². The Morgan fingerprint density at radius 1 is 1.47 bits per heavy atom. The van der Waals surface area contributed by atoms with E-state index >= 15 is 0 Å². The summed E-state index contributed by atoms with van der Waals surface area (Å²) in [6.45, 7) is 12.2. The minimum atomic E-state index is -0.796. The maximum atomic E-state index is 10.7. The molecule has 0 amide bonds. The van der Waals surface area contributed by atoms with Crippen molar-refractivity contribution in [2.75, 3.05) is 6.54 Å². The van der Waals surface area contributed by atoms with E-state index in [2.05, 4.69) is 27.4 Å². The Labute approximate surface area is 120 Å². The Bertz CT molecular complexity index is 411. The molecular formula is C13H23N3O2S. The van der Waals surface area contributed by atoms with E-state index in [0.717, 1.165) is 5.84 Å². The van der Waals surface area contributed by atoms with E-state index in [4.69, 9.17) is 5.41 Å². The summed E-state index contributed by atoms with van der Waals surface area (Å²) in [5.74, 6) is 0.554. The zero-order valence-corrected chi connectivity index (χ0v) is 13.3. The maximum Gasteiger partial charge on any atom is 0.370 e. The first-order chi connectivity index (χ1) is 8.65. The second-order valence-corrected chi connectivity index (χ2v) is 5.63. The number of ether oxygens (including phenoxy) is 1. The fraction of sp³-hybridized carbons (Fsp3) is 0.692. The number of carbonyl (C=O) groups excluding carboxylic acids is 1. The lowest BCUT2D eigenvalue weighted by Crippen LogP contribution is -2.38. The van der Waals surface area contributed by atoms with Crippen molar-refractivity contribution in [2.45, 2.75) is 41.5 Å². The number of amidine groups is 1. The summed E-state index contributed by atoms with van der Waals surface area (Å²) in [4.78, 5) is 19.3. The largest absolute Gasteiger partial charge is 0.403 e. The highest BCUT2D eigenvalue weighted by atomic mass is 32.1. The van der Waals surface area contributed by atoms with Gasteiger partial charge < -0.3 is 4.74 Å². The van der Waals surface area contributed by atoms with Crippen LogP contribution in [0.25, 0.3) is 0 Å². The van der Waals surface area contributed by atoms with Gasteiger partial charge in [0.05, 0.1) is 12.0 Å².